The summed E-state index contributed by atoms with van der Waals surface area (Å²) in [6.07, 6.45) is 5.80. The Kier molecular flexibility index (Phi) is 3.64. The maximum atomic E-state index is 4.37. The zero-order valence-corrected chi connectivity index (χ0v) is 12.6. The first-order chi connectivity index (χ1) is 9.72. The maximum absolute atomic E-state index is 4.37. The molecule has 0 bridgehead atoms. The van der Waals surface area contributed by atoms with Gasteiger partial charge in [0.2, 0.25) is 0 Å². The van der Waals surface area contributed by atoms with Crippen molar-refractivity contribution >= 4 is 15.9 Å². The van der Waals surface area contributed by atoms with Gasteiger partial charge in [-0.2, -0.15) is 5.10 Å². The molecular formula is C14H14BrN5. The van der Waals surface area contributed by atoms with Crippen LogP contribution in [0.25, 0.3) is 5.69 Å². The highest BCUT2D eigenvalue weighted by Crippen LogP contribution is 2.18. The number of para-hydroxylation sites is 1. The molecule has 0 aliphatic carbocycles. The summed E-state index contributed by atoms with van der Waals surface area (Å²) in [6.45, 7) is 2.70. The molecule has 20 heavy (non-hydrogen) atoms. The van der Waals surface area contributed by atoms with Crippen LogP contribution in [0.4, 0.5) is 0 Å². The normalized spacial score (nSPS) is 12.5. The molecule has 2 heterocycles. The van der Waals surface area contributed by atoms with E-state index in [0.717, 1.165) is 16.9 Å². The lowest BCUT2D eigenvalue weighted by Crippen LogP contribution is -1.99. The van der Waals surface area contributed by atoms with Crippen molar-refractivity contribution in [3.8, 4) is 5.69 Å². The molecule has 1 aromatic carbocycles. The fraction of sp³-hybridized carbons (Fsp3) is 0.214. The van der Waals surface area contributed by atoms with Crippen molar-refractivity contribution in [1.82, 2.24) is 24.8 Å². The summed E-state index contributed by atoms with van der Waals surface area (Å²) < 4.78 is 3.68. The molecule has 3 aromatic rings. The first kappa shape index (κ1) is 13.1. The Hall–Kier alpha value is -1.95. The van der Waals surface area contributed by atoms with E-state index >= 15 is 0 Å². The number of aromatic nitrogens is 5. The van der Waals surface area contributed by atoms with Crippen LogP contribution in [-0.2, 0) is 6.54 Å². The number of rotatable bonds is 4. The molecule has 0 aliphatic rings. The molecule has 0 saturated heterocycles. The summed E-state index contributed by atoms with van der Waals surface area (Å²) >= 11 is 3.48. The number of nitrogens with zero attached hydrogens (tertiary/aromatic N) is 5. The molecule has 3 rings (SSSR count). The number of hydrogen-bond donors (Lipinski definition) is 0. The Morgan fingerprint density at radius 1 is 1.20 bits per heavy atom. The highest BCUT2D eigenvalue weighted by Gasteiger charge is 2.07. The van der Waals surface area contributed by atoms with E-state index < -0.39 is 0 Å². The molecule has 0 saturated carbocycles. The third kappa shape index (κ3) is 2.80. The minimum Gasteiger partial charge on any atom is -0.248 e. The van der Waals surface area contributed by atoms with E-state index in [4.69, 9.17) is 0 Å². The van der Waals surface area contributed by atoms with E-state index in [1.165, 1.54) is 0 Å². The van der Waals surface area contributed by atoms with Crippen molar-refractivity contribution in [1.29, 1.82) is 0 Å². The molecular weight excluding hydrogens is 318 g/mol. The highest BCUT2D eigenvalue weighted by molar-refractivity contribution is 9.09. The molecule has 0 N–H and O–H groups in total. The monoisotopic (exact) mass is 331 g/mol. The Morgan fingerprint density at radius 3 is 2.70 bits per heavy atom. The van der Waals surface area contributed by atoms with Crippen molar-refractivity contribution in [2.75, 3.05) is 0 Å². The second-order valence-corrected chi connectivity index (χ2v) is 5.96. The van der Waals surface area contributed by atoms with Gasteiger partial charge in [-0.25, -0.2) is 9.36 Å². The van der Waals surface area contributed by atoms with Crippen LogP contribution in [0, 0.1) is 0 Å². The topological polar surface area (TPSA) is 48.5 Å². The van der Waals surface area contributed by atoms with Gasteiger partial charge in [0, 0.05) is 18.0 Å². The summed E-state index contributed by atoms with van der Waals surface area (Å²) in [5.74, 6) is 0. The van der Waals surface area contributed by atoms with Crippen LogP contribution in [0.15, 0.2) is 48.9 Å². The van der Waals surface area contributed by atoms with Crippen molar-refractivity contribution in [2.45, 2.75) is 18.3 Å². The van der Waals surface area contributed by atoms with E-state index in [1.54, 1.807) is 0 Å². The Bertz CT molecular complexity index is 686. The Labute approximate surface area is 125 Å². The first-order valence-electron chi connectivity index (χ1n) is 6.35. The molecule has 5 nitrogen and oxygen atoms in total. The van der Waals surface area contributed by atoms with Gasteiger partial charge < -0.3 is 0 Å². The second-order valence-electron chi connectivity index (χ2n) is 4.59. The predicted octanol–water partition coefficient (Wildman–Crippen LogP) is 2.97. The van der Waals surface area contributed by atoms with E-state index in [2.05, 4.69) is 31.3 Å². The van der Waals surface area contributed by atoms with Crippen molar-refractivity contribution in [3.05, 3.63) is 60.2 Å². The lowest BCUT2D eigenvalue weighted by Gasteiger charge is -1.99. The number of alkyl halides is 1. The lowest BCUT2D eigenvalue weighted by molar-refractivity contribution is 0.649. The zero-order valence-electron chi connectivity index (χ0n) is 11.0. The fourth-order valence-electron chi connectivity index (χ4n) is 1.92. The van der Waals surface area contributed by atoms with Crippen LogP contribution in [0.2, 0.25) is 0 Å². The van der Waals surface area contributed by atoms with Crippen LogP contribution < -0.4 is 0 Å². The molecule has 1 unspecified atom stereocenters. The average molecular weight is 332 g/mol. The second kappa shape index (κ2) is 5.58. The van der Waals surface area contributed by atoms with Gasteiger partial charge >= 0.3 is 0 Å². The van der Waals surface area contributed by atoms with Crippen LogP contribution in [0.1, 0.15) is 23.0 Å². The summed E-state index contributed by atoms with van der Waals surface area (Å²) in [4.78, 5) is 0.211. The minimum absolute atomic E-state index is 0.211. The van der Waals surface area contributed by atoms with Gasteiger partial charge in [-0.05, 0) is 19.1 Å². The minimum atomic E-state index is 0.211. The molecule has 102 valence electrons. The van der Waals surface area contributed by atoms with Gasteiger partial charge in [0.05, 0.1) is 29.0 Å². The largest absolute Gasteiger partial charge is 0.248 e. The number of benzene rings is 1. The van der Waals surface area contributed by atoms with Crippen LogP contribution in [0.5, 0.6) is 0 Å². The van der Waals surface area contributed by atoms with Crippen LogP contribution in [-0.4, -0.2) is 24.8 Å². The van der Waals surface area contributed by atoms with E-state index in [1.807, 2.05) is 65.2 Å². The van der Waals surface area contributed by atoms with Crippen LogP contribution in [0.3, 0.4) is 0 Å². The van der Waals surface area contributed by atoms with Crippen molar-refractivity contribution in [3.63, 3.8) is 0 Å². The molecule has 0 spiro atoms. The smallest absolute Gasteiger partial charge is 0.0960 e. The molecule has 0 aliphatic heterocycles. The third-order valence-corrected chi connectivity index (χ3v) is 3.43. The van der Waals surface area contributed by atoms with Gasteiger partial charge in [-0.3, -0.25) is 0 Å². The Morgan fingerprint density at radius 2 is 2.00 bits per heavy atom. The average Bonchev–Trinajstić information content (AvgIpc) is 3.10. The van der Waals surface area contributed by atoms with Crippen molar-refractivity contribution < 1.29 is 0 Å². The van der Waals surface area contributed by atoms with E-state index in [9.17, 15) is 0 Å². The molecule has 0 amide bonds. The van der Waals surface area contributed by atoms with E-state index in [0.29, 0.717) is 6.54 Å². The number of halogens is 1. The predicted molar refractivity (Wildman–Crippen MR) is 80.0 cm³/mol. The fourth-order valence-corrected chi connectivity index (χ4v) is 2.13. The van der Waals surface area contributed by atoms with Gasteiger partial charge in [-0.15, -0.1) is 5.10 Å². The zero-order chi connectivity index (χ0) is 13.9. The molecule has 6 heteroatoms. The number of hydrogen-bond acceptors (Lipinski definition) is 3. The molecule has 1 atom stereocenters. The SMILES string of the molecule is CC(Br)c1cn(Cc2cnn(-c3ccccc3)c2)nn1. The van der Waals surface area contributed by atoms with Crippen LogP contribution >= 0.6 is 15.9 Å². The van der Waals surface area contributed by atoms with Gasteiger partial charge in [0.1, 0.15) is 0 Å². The molecule has 0 fully saturated rings. The first-order valence-corrected chi connectivity index (χ1v) is 7.27. The third-order valence-electron chi connectivity index (χ3n) is 2.97. The van der Waals surface area contributed by atoms with Gasteiger partial charge in [0.25, 0.3) is 0 Å². The lowest BCUT2D eigenvalue weighted by atomic mass is 10.3. The van der Waals surface area contributed by atoms with Gasteiger partial charge in [0.15, 0.2) is 0 Å². The van der Waals surface area contributed by atoms with Gasteiger partial charge in [-0.1, -0.05) is 39.3 Å². The maximum Gasteiger partial charge on any atom is 0.0960 e. The summed E-state index contributed by atoms with van der Waals surface area (Å²) in [7, 11) is 0. The summed E-state index contributed by atoms with van der Waals surface area (Å²) in [5.41, 5.74) is 3.07. The standard InChI is InChI=1S/C14H14BrN5/c1-11(15)14-10-19(18-17-14)8-12-7-16-20(9-12)13-5-3-2-4-6-13/h2-7,9-11H,8H2,1H3. The molecule has 0 radical (unpaired) electrons. The van der Waals surface area contributed by atoms with E-state index in [-0.39, 0.29) is 4.83 Å². The summed E-state index contributed by atoms with van der Waals surface area (Å²) in [5, 5.41) is 12.6. The highest BCUT2D eigenvalue weighted by atomic mass is 79.9. The molecule has 2 aromatic heterocycles. The quantitative estimate of drug-likeness (QED) is 0.690. The summed E-state index contributed by atoms with van der Waals surface area (Å²) in [6, 6.07) is 10.0. The van der Waals surface area contributed by atoms with Crippen molar-refractivity contribution in [2.24, 2.45) is 0 Å². The Balaban J connectivity index is 1.77.